The molecule has 0 heterocycles. The van der Waals surface area contributed by atoms with Crippen LogP contribution in [0.5, 0.6) is 0 Å². The van der Waals surface area contributed by atoms with Crippen molar-refractivity contribution in [3.05, 3.63) is 29.8 Å². The molecule has 1 aromatic rings. The summed E-state index contributed by atoms with van der Waals surface area (Å²) in [5.74, 6) is 0. The van der Waals surface area contributed by atoms with Gasteiger partial charge in [0.05, 0.1) is 10.5 Å². The molecule has 20 heavy (non-hydrogen) atoms. The predicted octanol–water partition coefficient (Wildman–Crippen LogP) is 2.10. The molecule has 9 heteroatoms. The van der Waals surface area contributed by atoms with Crippen LogP contribution in [0.2, 0.25) is 0 Å². The summed E-state index contributed by atoms with van der Waals surface area (Å²) in [6.45, 7) is 3.22. The van der Waals surface area contributed by atoms with E-state index in [9.17, 15) is 26.4 Å². The average Bonchev–Trinajstić information content (AvgIpc) is 2.26. The van der Waals surface area contributed by atoms with Crippen molar-refractivity contribution in [2.24, 2.45) is 0 Å². The molecular weight excluding hydrogens is 297 g/mol. The van der Waals surface area contributed by atoms with Gasteiger partial charge in [-0.25, -0.2) is 17.9 Å². The molecule has 0 radical (unpaired) electrons. The smallest absolute Gasteiger partial charge is 0.335 e. The lowest BCUT2D eigenvalue weighted by molar-refractivity contribution is -0.137. The van der Waals surface area contributed by atoms with Gasteiger partial charge >= 0.3 is 12.2 Å². The Hall–Kier alpha value is -1.77. The number of hydrogen-bond donors (Lipinski definition) is 2. The van der Waals surface area contributed by atoms with Crippen LogP contribution in [0.4, 0.5) is 18.0 Å². The number of sulfonamides is 1. The van der Waals surface area contributed by atoms with E-state index in [4.69, 9.17) is 0 Å². The molecule has 0 aliphatic rings. The van der Waals surface area contributed by atoms with Crippen molar-refractivity contribution in [2.45, 2.75) is 31.0 Å². The van der Waals surface area contributed by atoms with Gasteiger partial charge in [-0.1, -0.05) is 6.07 Å². The highest BCUT2D eigenvalue weighted by molar-refractivity contribution is 7.90. The predicted molar refractivity (Wildman–Crippen MR) is 65.4 cm³/mol. The first kappa shape index (κ1) is 16.3. The van der Waals surface area contributed by atoms with Crippen LogP contribution in [-0.4, -0.2) is 20.5 Å². The van der Waals surface area contributed by atoms with Crippen molar-refractivity contribution >= 4 is 16.1 Å². The number of alkyl halides is 3. The molecule has 2 amide bonds. The van der Waals surface area contributed by atoms with E-state index in [1.165, 1.54) is 0 Å². The minimum absolute atomic E-state index is 0.313. The topological polar surface area (TPSA) is 75.3 Å². The summed E-state index contributed by atoms with van der Waals surface area (Å²) in [5.41, 5.74) is -1.11. The van der Waals surface area contributed by atoms with Crippen molar-refractivity contribution < 1.29 is 26.4 Å². The van der Waals surface area contributed by atoms with E-state index in [0.29, 0.717) is 6.07 Å². The van der Waals surface area contributed by atoms with Crippen LogP contribution >= 0.6 is 0 Å². The van der Waals surface area contributed by atoms with Gasteiger partial charge in [-0.3, -0.25) is 0 Å². The Morgan fingerprint density at radius 3 is 2.35 bits per heavy atom. The van der Waals surface area contributed by atoms with Gasteiger partial charge in [-0.05, 0) is 32.0 Å². The summed E-state index contributed by atoms with van der Waals surface area (Å²) < 4.78 is 62.7. The average molecular weight is 310 g/mol. The standard InChI is InChI=1S/C11H13F3N2O3S/c1-7(2)15-10(17)16-20(18,19)9-5-3-4-8(6-9)11(12,13)14/h3-7H,1-2H3,(H2,15,16,17). The molecule has 0 bridgehead atoms. The Morgan fingerprint density at radius 1 is 1.25 bits per heavy atom. The second kappa shape index (κ2) is 5.70. The Morgan fingerprint density at radius 2 is 1.85 bits per heavy atom. The molecule has 0 aromatic heterocycles. The molecule has 0 fully saturated rings. The van der Waals surface area contributed by atoms with E-state index in [0.717, 1.165) is 18.2 Å². The first-order chi connectivity index (χ1) is 9.02. The fourth-order valence-corrected chi connectivity index (χ4v) is 2.27. The molecule has 0 aliphatic carbocycles. The fourth-order valence-electron chi connectivity index (χ4n) is 1.31. The molecule has 0 spiro atoms. The van der Waals surface area contributed by atoms with Crippen LogP contribution < -0.4 is 10.0 Å². The summed E-state index contributed by atoms with van der Waals surface area (Å²) in [4.78, 5) is 10.7. The largest absolute Gasteiger partial charge is 0.416 e. The summed E-state index contributed by atoms with van der Waals surface area (Å²) in [7, 11) is -4.35. The van der Waals surface area contributed by atoms with E-state index in [2.05, 4.69) is 5.32 Å². The van der Waals surface area contributed by atoms with Crippen molar-refractivity contribution in [3.63, 3.8) is 0 Å². The summed E-state index contributed by atoms with van der Waals surface area (Å²) in [6, 6.07) is 1.82. The third-order valence-electron chi connectivity index (χ3n) is 2.12. The monoisotopic (exact) mass is 310 g/mol. The van der Waals surface area contributed by atoms with Gasteiger partial charge in [0.2, 0.25) is 0 Å². The molecule has 0 saturated carbocycles. The molecular formula is C11H13F3N2O3S. The molecule has 5 nitrogen and oxygen atoms in total. The first-order valence-corrected chi connectivity index (χ1v) is 7.01. The van der Waals surface area contributed by atoms with Crippen LogP contribution in [-0.2, 0) is 16.2 Å². The van der Waals surface area contributed by atoms with E-state index >= 15 is 0 Å². The highest BCUT2D eigenvalue weighted by Crippen LogP contribution is 2.30. The number of carbonyl (C=O) groups excluding carboxylic acids is 1. The van der Waals surface area contributed by atoms with Crippen LogP contribution in [0.25, 0.3) is 0 Å². The Balaban J connectivity index is 3.02. The lowest BCUT2D eigenvalue weighted by Crippen LogP contribution is -2.42. The molecule has 0 aliphatic heterocycles. The summed E-state index contributed by atoms with van der Waals surface area (Å²) in [5, 5.41) is 2.26. The number of amides is 2. The van der Waals surface area contributed by atoms with Crippen LogP contribution in [0, 0.1) is 0 Å². The molecule has 1 rings (SSSR count). The highest BCUT2D eigenvalue weighted by Gasteiger charge is 2.31. The van der Waals surface area contributed by atoms with Gasteiger partial charge in [0.1, 0.15) is 0 Å². The number of rotatable bonds is 3. The first-order valence-electron chi connectivity index (χ1n) is 5.53. The number of carbonyl (C=O) groups is 1. The molecule has 2 N–H and O–H groups in total. The Bertz CT molecular complexity index is 597. The zero-order valence-corrected chi connectivity index (χ0v) is 11.5. The molecule has 0 unspecified atom stereocenters. The maximum Gasteiger partial charge on any atom is 0.416 e. The number of benzene rings is 1. The molecule has 1 aromatic carbocycles. The zero-order chi connectivity index (χ0) is 15.6. The SMILES string of the molecule is CC(C)NC(=O)NS(=O)(=O)c1cccc(C(F)(F)F)c1. The van der Waals surface area contributed by atoms with E-state index in [1.807, 2.05) is 0 Å². The van der Waals surface area contributed by atoms with Gasteiger partial charge in [-0.15, -0.1) is 0 Å². The lowest BCUT2D eigenvalue weighted by Gasteiger charge is -2.12. The van der Waals surface area contributed by atoms with E-state index in [1.54, 1.807) is 18.6 Å². The zero-order valence-electron chi connectivity index (χ0n) is 10.7. The van der Waals surface area contributed by atoms with Crippen molar-refractivity contribution in [1.82, 2.24) is 10.0 Å². The van der Waals surface area contributed by atoms with Crippen molar-refractivity contribution in [1.29, 1.82) is 0 Å². The lowest BCUT2D eigenvalue weighted by atomic mass is 10.2. The Labute approximate surface area is 114 Å². The number of nitrogens with one attached hydrogen (secondary N) is 2. The van der Waals surface area contributed by atoms with Gasteiger partial charge in [0, 0.05) is 6.04 Å². The molecule has 0 atom stereocenters. The molecule has 0 saturated heterocycles. The summed E-state index contributed by atoms with van der Waals surface area (Å²) >= 11 is 0. The van der Waals surface area contributed by atoms with Gasteiger partial charge in [0.15, 0.2) is 0 Å². The van der Waals surface area contributed by atoms with Gasteiger partial charge in [-0.2, -0.15) is 13.2 Å². The second-order valence-corrected chi connectivity index (χ2v) is 5.94. The van der Waals surface area contributed by atoms with E-state index < -0.39 is 32.7 Å². The molecule has 112 valence electrons. The number of hydrogen-bond acceptors (Lipinski definition) is 3. The highest BCUT2D eigenvalue weighted by atomic mass is 32.2. The maximum absolute atomic E-state index is 12.5. The number of urea groups is 1. The van der Waals surface area contributed by atoms with Crippen LogP contribution in [0.15, 0.2) is 29.2 Å². The van der Waals surface area contributed by atoms with Crippen molar-refractivity contribution in [3.8, 4) is 0 Å². The second-order valence-electron chi connectivity index (χ2n) is 4.26. The van der Waals surface area contributed by atoms with Crippen LogP contribution in [0.3, 0.4) is 0 Å². The van der Waals surface area contributed by atoms with Crippen molar-refractivity contribution in [2.75, 3.05) is 0 Å². The third-order valence-corrected chi connectivity index (χ3v) is 3.45. The minimum atomic E-state index is -4.66. The Kier molecular flexibility index (Phi) is 4.64. The quantitative estimate of drug-likeness (QED) is 0.898. The van der Waals surface area contributed by atoms with Gasteiger partial charge in [0.25, 0.3) is 10.0 Å². The van der Waals surface area contributed by atoms with Crippen LogP contribution in [0.1, 0.15) is 19.4 Å². The minimum Gasteiger partial charge on any atom is -0.335 e. The number of halogens is 3. The maximum atomic E-state index is 12.5. The third kappa shape index (κ3) is 4.41. The van der Waals surface area contributed by atoms with Gasteiger partial charge < -0.3 is 5.32 Å². The fraction of sp³-hybridized carbons (Fsp3) is 0.364. The van der Waals surface area contributed by atoms with E-state index in [-0.39, 0.29) is 6.04 Å². The summed E-state index contributed by atoms with van der Waals surface area (Å²) in [6.07, 6.45) is -4.66. The normalized spacial score (nSPS) is 12.3.